The Labute approximate surface area is 114 Å². The van der Waals surface area contributed by atoms with Crippen molar-refractivity contribution in [3.8, 4) is 0 Å². The summed E-state index contributed by atoms with van der Waals surface area (Å²) in [7, 11) is 1.53. The van der Waals surface area contributed by atoms with Gasteiger partial charge in [-0.25, -0.2) is 0 Å². The van der Waals surface area contributed by atoms with E-state index in [-0.39, 0.29) is 18.7 Å². The van der Waals surface area contributed by atoms with E-state index < -0.39 is 17.4 Å². The number of aliphatic hydroxyl groups is 1. The van der Waals surface area contributed by atoms with Crippen LogP contribution in [0.1, 0.15) is 19.3 Å². The number of rotatable bonds is 6. The van der Waals surface area contributed by atoms with Gasteiger partial charge in [-0.2, -0.15) is 13.9 Å². The molecular formula is C12H17F2N3O3. The second-order valence-electron chi connectivity index (χ2n) is 4.87. The first-order valence-electron chi connectivity index (χ1n) is 6.33. The molecule has 1 aliphatic rings. The normalized spacial score (nSPS) is 17.6. The molecule has 8 heteroatoms. The van der Waals surface area contributed by atoms with Gasteiger partial charge < -0.3 is 15.2 Å². The number of halogens is 2. The summed E-state index contributed by atoms with van der Waals surface area (Å²) in [6, 6.07) is 1.41. The summed E-state index contributed by atoms with van der Waals surface area (Å²) in [5.74, 6) is -5.33. The quantitative estimate of drug-likeness (QED) is 0.819. The fraction of sp³-hybridized carbons (Fsp3) is 0.667. The smallest absolute Gasteiger partial charge is 0.352 e. The van der Waals surface area contributed by atoms with E-state index in [0.29, 0.717) is 19.6 Å². The zero-order valence-electron chi connectivity index (χ0n) is 11.1. The van der Waals surface area contributed by atoms with Gasteiger partial charge in [0.1, 0.15) is 5.60 Å². The van der Waals surface area contributed by atoms with Crippen LogP contribution in [0.4, 0.5) is 14.6 Å². The highest BCUT2D eigenvalue weighted by atomic mass is 19.3. The molecule has 1 aromatic rings. The zero-order chi connectivity index (χ0) is 14.8. The van der Waals surface area contributed by atoms with Gasteiger partial charge in [-0.1, -0.05) is 0 Å². The third kappa shape index (κ3) is 2.66. The lowest BCUT2D eigenvalue weighted by Gasteiger charge is -2.41. The highest BCUT2D eigenvalue weighted by molar-refractivity contribution is 5.96. The minimum absolute atomic E-state index is 0.0219. The summed E-state index contributed by atoms with van der Waals surface area (Å²) in [4.78, 5) is 11.6. The van der Waals surface area contributed by atoms with E-state index in [1.807, 2.05) is 5.32 Å². The van der Waals surface area contributed by atoms with Crippen molar-refractivity contribution in [1.29, 1.82) is 0 Å². The molecule has 20 heavy (non-hydrogen) atoms. The number of methoxy groups -OCH3 is 1. The first-order valence-corrected chi connectivity index (χ1v) is 6.33. The molecule has 1 heterocycles. The maximum Gasteiger partial charge on any atom is 0.352 e. The molecule has 0 saturated heterocycles. The molecule has 112 valence electrons. The number of carbonyl (C=O) groups is 1. The lowest BCUT2D eigenvalue weighted by molar-refractivity contribution is -0.212. The van der Waals surface area contributed by atoms with Crippen molar-refractivity contribution in [3.63, 3.8) is 0 Å². The SMILES string of the molecule is COCCn1ccc(NC(=O)C(F)(F)C2(O)CCC2)n1. The van der Waals surface area contributed by atoms with Crippen molar-refractivity contribution in [3.05, 3.63) is 12.3 Å². The molecule has 2 rings (SSSR count). The van der Waals surface area contributed by atoms with Crippen molar-refractivity contribution >= 4 is 11.7 Å². The molecule has 1 aromatic heterocycles. The number of ether oxygens (including phenoxy) is 1. The predicted octanol–water partition coefficient (Wildman–Crippen LogP) is 1.02. The first kappa shape index (κ1) is 14.9. The topological polar surface area (TPSA) is 76.4 Å². The van der Waals surface area contributed by atoms with Gasteiger partial charge in [0.25, 0.3) is 5.91 Å². The lowest BCUT2D eigenvalue weighted by atomic mass is 9.75. The van der Waals surface area contributed by atoms with Crippen LogP contribution in [0.2, 0.25) is 0 Å². The summed E-state index contributed by atoms with van der Waals surface area (Å²) < 4.78 is 34.0. The van der Waals surface area contributed by atoms with Gasteiger partial charge in [-0.05, 0) is 19.3 Å². The zero-order valence-corrected chi connectivity index (χ0v) is 11.1. The second-order valence-corrected chi connectivity index (χ2v) is 4.87. The van der Waals surface area contributed by atoms with Crippen LogP contribution in [0, 0.1) is 0 Å². The number of amides is 1. The Hall–Kier alpha value is -1.54. The number of aromatic nitrogens is 2. The molecule has 0 bridgehead atoms. The van der Waals surface area contributed by atoms with Crippen molar-refractivity contribution in [2.75, 3.05) is 19.0 Å². The predicted molar refractivity (Wildman–Crippen MR) is 66.5 cm³/mol. The van der Waals surface area contributed by atoms with Crippen LogP contribution in [-0.4, -0.2) is 46.0 Å². The number of nitrogens with one attached hydrogen (secondary N) is 1. The van der Waals surface area contributed by atoms with Gasteiger partial charge in [0, 0.05) is 19.4 Å². The van der Waals surface area contributed by atoms with Gasteiger partial charge in [0.15, 0.2) is 5.82 Å². The molecule has 0 radical (unpaired) electrons. The van der Waals surface area contributed by atoms with Crippen LogP contribution in [0.5, 0.6) is 0 Å². The maximum absolute atomic E-state index is 13.8. The summed E-state index contributed by atoms with van der Waals surface area (Å²) in [5.41, 5.74) is -2.23. The van der Waals surface area contributed by atoms with E-state index in [9.17, 15) is 18.7 Å². The number of alkyl halides is 2. The van der Waals surface area contributed by atoms with Crippen LogP contribution < -0.4 is 5.32 Å². The number of carbonyl (C=O) groups excluding carboxylic acids is 1. The molecule has 1 aliphatic carbocycles. The minimum Gasteiger partial charge on any atom is -0.383 e. The Kier molecular flexibility index (Phi) is 4.05. The van der Waals surface area contributed by atoms with Crippen LogP contribution in [0.3, 0.4) is 0 Å². The fourth-order valence-electron chi connectivity index (χ4n) is 1.97. The van der Waals surface area contributed by atoms with Gasteiger partial charge in [0.05, 0.1) is 13.2 Å². The lowest BCUT2D eigenvalue weighted by Crippen LogP contribution is -2.59. The molecule has 6 nitrogen and oxygen atoms in total. The van der Waals surface area contributed by atoms with E-state index in [0.717, 1.165) is 0 Å². The maximum atomic E-state index is 13.8. The Balaban J connectivity index is 1.98. The van der Waals surface area contributed by atoms with E-state index in [1.54, 1.807) is 6.20 Å². The Morgan fingerprint density at radius 3 is 2.90 bits per heavy atom. The largest absolute Gasteiger partial charge is 0.383 e. The molecule has 0 unspecified atom stereocenters. The highest BCUT2D eigenvalue weighted by Crippen LogP contribution is 2.44. The van der Waals surface area contributed by atoms with Gasteiger partial charge in [-0.3, -0.25) is 9.48 Å². The summed E-state index contributed by atoms with van der Waals surface area (Å²) in [6.07, 6.45) is 1.89. The van der Waals surface area contributed by atoms with Gasteiger partial charge in [0.2, 0.25) is 0 Å². The Morgan fingerprint density at radius 1 is 1.65 bits per heavy atom. The number of anilines is 1. The molecule has 1 fully saturated rings. The number of hydrogen-bond acceptors (Lipinski definition) is 4. The molecular weight excluding hydrogens is 272 g/mol. The van der Waals surface area contributed by atoms with E-state index in [4.69, 9.17) is 4.74 Å². The van der Waals surface area contributed by atoms with Crippen molar-refractivity contribution in [2.24, 2.45) is 0 Å². The highest BCUT2D eigenvalue weighted by Gasteiger charge is 2.61. The third-order valence-electron chi connectivity index (χ3n) is 3.46. The average Bonchev–Trinajstić information content (AvgIpc) is 2.80. The van der Waals surface area contributed by atoms with Gasteiger partial charge >= 0.3 is 5.92 Å². The van der Waals surface area contributed by atoms with Crippen molar-refractivity contribution in [1.82, 2.24) is 9.78 Å². The Bertz CT molecular complexity index is 486. The molecule has 0 atom stereocenters. The molecule has 0 spiro atoms. The van der Waals surface area contributed by atoms with E-state index >= 15 is 0 Å². The summed E-state index contributed by atoms with van der Waals surface area (Å²) in [5, 5.41) is 15.6. The van der Waals surface area contributed by atoms with E-state index in [2.05, 4.69) is 5.10 Å². The second kappa shape index (κ2) is 5.45. The minimum atomic E-state index is -3.82. The molecule has 1 amide bonds. The molecule has 2 N–H and O–H groups in total. The first-order chi connectivity index (χ1) is 9.39. The number of hydrogen-bond donors (Lipinski definition) is 2. The average molecular weight is 289 g/mol. The Morgan fingerprint density at radius 2 is 2.35 bits per heavy atom. The monoisotopic (exact) mass is 289 g/mol. The van der Waals surface area contributed by atoms with Crippen LogP contribution in [-0.2, 0) is 16.1 Å². The third-order valence-corrected chi connectivity index (χ3v) is 3.46. The molecule has 0 aromatic carbocycles. The van der Waals surface area contributed by atoms with Crippen LogP contribution in [0.15, 0.2) is 12.3 Å². The standard InChI is InChI=1S/C12H17F2N3O3/c1-20-8-7-17-6-3-9(16-17)15-10(18)12(13,14)11(19)4-2-5-11/h3,6,19H,2,4-5,7-8H2,1H3,(H,15,16,18). The van der Waals surface area contributed by atoms with Crippen LogP contribution in [0.25, 0.3) is 0 Å². The van der Waals surface area contributed by atoms with E-state index in [1.165, 1.54) is 17.9 Å². The fourth-order valence-corrected chi connectivity index (χ4v) is 1.97. The molecule has 0 aliphatic heterocycles. The molecule has 1 saturated carbocycles. The van der Waals surface area contributed by atoms with Crippen molar-refractivity contribution in [2.45, 2.75) is 37.3 Å². The van der Waals surface area contributed by atoms with Crippen LogP contribution >= 0.6 is 0 Å². The summed E-state index contributed by atoms with van der Waals surface area (Å²) in [6.45, 7) is 0.873. The summed E-state index contributed by atoms with van der Waals surface area (Å²) >= 11 is 0. The number of nitrogens with zero attached hydrogens (tertiary/aromatic N) is 2. The van der Waals surface area contributed by atoms with Gasteiger partial charge in [-0.15, -0.1) is 0 Å². The van der Waals surface area contributed by atoms with Crippen molar-refractivity contribution < 1.29 is 23.4 Å².